The molecule has 1 aliphatic rings. The van der Waals surface area contributed by atoms with E-state index in [1.165, 1.54) is 4.88 Å². The molecule has 2 N–H and O–H groups in total. The van der Waals surface area contributed by atoms with Gasteiger partial charge >= 0.3 is 0 Å². The Kier molecular flexibility index (Phi) is 2.62. The molecule has 2 unspecified atom stereocenters. The van der Waals surface area contributed by atoms with E-state index in [1.807, 2.05) is 6.20 Å². The van der Waals surface area contributed by atoms with Gasteiger partial charge in [-0.2, -0.15) is 0 Å². The molecular weight excluding hydrogens is 184 g/mol. The van der Waals surface area contributed by atoms with E-state index in [0.717, 1.165) is 24.5 Å². The summed E-state index contributed by atoms with van der Waals surface area (Å²) < 4.78 is 5.61. The summed E-state index contributed by atoms with van der Waals surface area (Å²) in [7, 11) is 0. The Morgan fingerprint density at radius 1 is 1.69 bits per heavy atom. The summed E-state index contributed by atoms with van der Waals surface area (Å²) >= 11 is 1.68. The minimum Gasteiger partial charge on any atom is -0.369 e. The lowest BCUT2D eigenvalue weighted by atomic mass is 10.0. The molecule has 0 aromatic carbocycles. The fourth-order valence-corrected chi connectivity index (χ4v) is 2.46. The molecule has 0 radical (unpaired) electrons. The van der Waals surface area contributed by atoms with Crippen molar-refractivity contribution >= 4 is 11.3 Å². The monoisotopic (exact) mass is 198 g/mol. The van der Waals surface area contributed by atoms with E-state index in [9.17, 15) is 0 Å². The number of ether oxygens (including phenoxy) is 1. The molecule has 0 amide bonds. The van der Waals surface area contributed by atoms with Gasteiger partial charge in [0.05, 0.1) is 0 Å². The van der Waals surface area contributed by atoms with Crippen molar-refractivity contribution in [2.24, 2.45) is 5.73 Å². The molecule has 1 fully saturated rings. The van der Waals surface area contributed by atoms with Crippen LogP contribution in [-0.4, -0.2) is 17.6 Å². The van der Waals surface area contributed by atoms with Crippen molar-refractivity contribution in [1.29, 1.82) is 0 Å². The first kappa shape index (κ1) is 9.12. The highest BCUT2D eigenvalue weighted by Gasteiger charge is 2.26. The maximum atomic E-state index is 5.96. The van der Waals surface area contributed by atoms with Crippen LogP contribution in [0.3, 0.4) is 0 Å². The number of thiazole rings is 1. The molecule has 3 nitrogen and oxygen atoms in total. The molecule has 0 bridgehead atoms. The van der Waals surface area contributed by atoms with Gasteiger partial charge in [0.25, 0.3) is 0 Å². The number of rotatable bonds is 1. The first-order chi connectivity index (χ1) is 6.27. The zero-order chi connectivity index (χ0) is 9.26. The molecule has 72 valence electrons. The number of aromatic nitrogens is 1. The minimum atomic E-state index is 0.0347. The van der Waals surface area contributed by atoms with Crippen LogP contribution < -0.4 is 5.73 Å². The van der Waals surface area contributed by atoms with Gasteiger partial charge < -0.3 is 10.5 Å². The molecule has 0 aliphatic carbocycles. The molecule has 2 heterocycles. The van der Waals surface area contributed by atoms with Gasteiger partial charge in [0, 0.05) is 23.7 Å². The molecular formula is C9H14N2OS. The average molecular weight is 198 g/mol. The average Bonchev–Trinajstić information content (AvgIpc) is 2.53. The van der Waals surface area contributed by atoms with E-state index in [4.69, 9.17) is 10.5 Å². The van der Waals surface area contributed by atoms with Gasteiger partial charge in [-0.15, -0.1) is 11.3 Å². The fourth-order valence-electron chi connectivity index (χ4n) is 1.56. The Balaban J connectivity index is 2.14. The van der Waals surface area contributed by atoms with Crippen LogP contribution in [0.15, 0.2) is 6.20 Å². The lowest BCUT2D eigenvalue weighted by molar-refractivity contribution is 0.0000302. The van der Waals surface area contributed by atoms with Crippen LogP contribution in [0.1, 0.15) is 28.8 Å². The highest BCUT2D eigenvalue weighted by atomic mass is 32.1. The van der Waals surface area contributed by atoms with Crippen molar-refractivity contribution in [3.63, 3.8) is 0 Å². The van der Waals surface area contributed by atoms with Crippen LogP contribution in [0.25, 0.3) is 0 Å². The minimum absolute atomic E-state index is 0.0347. The molecule has 0 saturated carbocycles. The van der Waals surface area contributed by atoms with Gasteiger partial charge in [0.1, 0.15) is 11.1 Å². The lowest BCUT2D eigenvalue weighted by Gasteiger charge is -2.27. The summed E-state index contributed by atoms with van der Waals surface area (Å²) in [6.45, 7) is 2.87. The Morgan fingerprint density at radius 2 is 2.54 bits per heavy atom. The van der Waals surface area contributed by atoms with Gasteiger partial charge in [0.15, 0.2) is 0 Å². The van der Waals surface area contributed by atoms with Crippen LogP contribution in [0.5, 0.6) is 0 Å². The standard InChI is InChI=1S/C9H14N2OS/c1-6-5-11-9(13-6)8-7(10)3-2-4-12-8/h5,7-8H,2-4,10H2,1H3. The third-order valence-corrected chi connectivity index (χ3v) is 3.22. The van der Waals surface area contributed by atoms with E-state index in [2.05, 4.69) is 11.9 Å². The highest BCUT2D eigenvalue weighted by Crippen LogP contribution is 2.29. The first-order valence-corrected chi connectivity index (χ1v) is 5.38. The predicted octanol–water partition coefficient (Wildman–Crippen LogP) is 1.63. The van der Waals surface area contributed by atoms with Crippen LogP contribution in [-0.2, 0) is 4.74 Å². The number of nitrogens with two attached hydrogens (primary N) is 1. The Bertz CT molecular complexity index is 287. The lowest BCUT2D eigenvalue weighted by Crippen LogP contribution is -2.34. The van der Waals surface area contributed by atoms with Crippen LogP contribution in [0, 0.1) is 6.92 Å². The highest BCUT2D eigenvalue weighted by molar-refractivity contribution is 7.11. The van der Waals surface area contributed by atoms with Crippen LogP contribution in [0.2, 0.25) is 0 Å². The third kappa shape index (κ3) is 1.90. The summed E-state index contributed by atoms with van der Waals surface area (Å²) in [5.41, 5.74) is 5.96. The van der Waals surface area contributed by atoms with Crippen LogP contribution in [0.4, 0.5) is 0 Å². The molecule has 1 saturated heterocycles. The normalized spacial score (nSPS) is 29.1. The second-order valence-corrected chi connectivity index (χ2v) is 4.67. The summed E-state index contributed by atoms with van der Waals surface area (Å²) in [6, 6.07) is 0.124. The second kappa shape index (κ2) is 3.74. The largest absolute Gasteiger partial charge is 0.369 e. The van der Waals surface area contributed by atoms with Crippen molar-refractivity contribution in [3.05, 3.63) is 16.1 Å². The van der Waals surface area contributed by atoms with Crippen molar-refractivity contribution < 1.29 is 4.74 Å². The van der Waals surface area contributed by atoms with E-state index < -0.39 is 0 Å². The predicted molar refractivity (Wildman–Crippen MR) is 52.8 cm³/mol. The summed E-state index contributed by atoms with van der Waals surface area (Å²) in [6.07, 6.45) is 4.03. The molecule has 2 rings (SSSR count). The van der Waals surface area contributed by atoms with E-state index in [-0.39, 0.29) is 12.1 Å². The Hall–Kier alpha value is -0.450. The SMILES string of the molecule is Cc1cnc(C2OCCCC2N)s1. The van der Waals surface area contributed by atoms with Crippen LogP contribution >= 0.6 is 11.3 Å². The maximum Gasteiger partial charge on any atom is 0.124 e. The number of nitrogens with zero attached hydrogens (tertiary/aromatic N) is 1. The van der Waals surface area contributed by atoms with Gasteiger partial charge in [-0.05, 0) is 19.8 Å². The van der Waals surface area contributed by atoms with E-state index in [0.29, 0.717) is 0 Å². The van der Waals surface area contributed by atoms with Gasteiger partial charge in [0.2, 0.25) is 0 Å². The Morgan fingerprint density at radius 3 is 3.15 bits per heavy atom. The van der Waals surface area contributed by atoms with Gasteiger partial charge in [-0.25, -0.2) is 4.98 Å². The maximum absolute atomic E-state index is 5.96. The number of hydrogen-bond acceptors (Lipinski definition) is 4. The summed E-state index contributed by atoms with van der Waals surface area (Å²) in [5.74, 6) is 0. The molecule has 1 aromatic heterocycles. The Labute approximate surface area is 81.9 Å². The molecule has 13 heavy (non-hydrogen) atoms. The van der Waals surface area contributed by atoms with E-state index >= 15 is 0 Å². The zero-order valence-corrected chi connectivity index (χ0v) is 8.51. The number of aryl methyl sites for hydroxylation is 1. The first-order valence-electron chi connectivity index (χ1n) is 4.57. The van der Waals surface area contributed by atoms with Gasteiger partial charge in [-0.3, -0.25) is 0 Å². The van der Waals surface area contributed by atoms with Crippen molar-refractivity contribution in [3.8, 4) is 0 Å². The summed E-state index contributed by atoms with van der Waals surface area (Å²) in [5, 5.41) is 1.03. The second-order valence-electron chi connectivity index (χ2n) is 3.41. The quantitative estimate of drug-likeness (QED) is 0.746. The molecule has 0 spiro atoms. The van der Waals surface area contributed by atoms with Crippen molar-refractivity contribution in [1.82, 2.24) is 4.98 Å². The van der Waals surface area contributed by atoms with Gasteiger partial charge in [-0.1, -0.05) is 0 Å². The molecule has 4 heteroatoms. The zero-order valence-electron chi connectivity index (χ0n) is 7.69. The van der Waals surface area contributed by atoms with Crippen molar-refractivity contribution in [2.45, 2.75) is 31.9 Å². The molecule has 1 aliphatic heterocycles. The molecule has 1 aromatic rings. The third-order valence-electron chi connectivity index (χ3n) is 2.25. The molecule has 2 atom stereocenters. The number of hydrogen-bond donors (Lipinski definition) is 1. The topological polar surface area (TPSA) is 48.1 Å². The van der Waals surface area contributed by atoms with Crippen molar-refractivity contribution in [2.75, 3.05) is 6.61 Å². The summed E-state index contributed by atoms with van der Waals surface area (Å²) in [4.78, 5) is 5.52. The fraction of sp³-hybridized carbons (Fsp3) is 0.667. The smallest absolute Gasteiger partial charge is 0.124 e. The van der Waals surface area contributed by atoms with E-state index in [1.54, 1.807) is 11.3 Å².